The Balaban J connectivity index is 1.36. The quantitative estimate of drug-likeness (QED) is 0.273. The van der Waals surface area contributed by atoms with Crippen molar-refractivity contribution in [3.63, 3.8) is 0 Å². The van der Waals surface area contributed by atoms with Crippen LogP contribution in [0.4, 0.5) is 5.82 Å². The van der Waals surface area contributed by atoms with Crippen LogP contribution in [0.1, 0.15) is 31.7 Å². The Morgan fingerprint density at radius 2 is 1.66 bits per heavy atom. The first-order valence-corrected chi connectivity index (χ1v) is 13.3. The van der Waals surface area contributed by atoms with Gasteiger partial charge in [0.25, 0.3) is 0 Å². The van der Waals surface area contributed by atoms with Crippen molar-refractivity contribution in [2.24, 2.45) is 11.8 Å². The number of benzene rings is 3. The van der Waals surface area contributed by atoms with E-state index < -0.39 is 0 Å². The second kappa shape index (κ2) is 11.2. The minimum atomic E-state index is -0.274. The Bertz CT molecular complexity index is 1420. The number of carbonyl (C=O) groups excluding carboxylic acids is 2. The maximum Gasteiger partial charge on any atom is 0.245 e. The highest BCUT2D eigenvalue weighted by molar-refractivity contribution is 6.32. The van der Waals surface area contributed by atoms with Gasteiger partial charge in [0.05, 0.1) is 22.9 Å². The summed E-state index contributed by atoms with van der Waals surface area (Å²) in [5.74, 6) is 0.626. The van der Waals surface area contributed by atoms with Gasteiger partial charge in [-0.2, -0.15) is 5.10 Å². The molecule has 0 radical (unpaired) electrons. The third-order valence-electron chi connectivity index (χ3n) is 6.69. The molecule has 3 aromatic carbocycles. The van der Waals surface area contributed by atoms with E-state index in [1.807, 2.05) is 72.8 Å². The van der Waals surface area contributed by atoms with Crippen molar-refractivity contribution in [2.75, 3.05) is 18.4 Å². The van der Waals surface area contributed by atoms with Crippen LogP contribution in [0.25, 0.3) is 16.9 Å². The van der Waals surface area contributed by atoms with Gasteiger partial charge < -0.3 is 10.2 Å². The molecule has 1 saturated carbocycles. The Hall–Kier alpha value is -3.90. The molecule has 1 aliphatic carbocycles. The summed E-state index contributed by atoms with van der Waals surface area (Å²) in [7, 11) is 0. The molecule has 4 aromatic rings. The molecule has 1 N–H and O–H groups in total. The maximum absolute atomic E-state index is 13.4. The number of nitrogens with zero attached hydrogens (tertiary/aromatic N) is 3. The zero-order valence-corrected chi connectivity index (χ0v) is 22.3. The van der Waals surface area contributed by atoms with Gasteiger partial charge in [0.15, 0.2) is 0 Å². The second-order valence-corrected chi connectivity index (χ2v) is 10.6. The van der Waals surface area contributed by atoms with Crippen LogP contribution in [0.2, 0.25) is 5.02 Å². The molecular formula is C31H31ClN4O2. The predicted octanol–water partition coefficient (Wildman–Crippen LogP) is 6.42. The molecular weight excluding hydrogens is 496 g/mol. The van der Waals surface area contributed by atoms with Crippen molar-refractivity contribution in [3.05, 3.63) is 102 Å². The molecule has 2 atom stereocenters. The normalized spacial score (nSPS) is 16.3. The predicted molar refractivity (Wildman–Crippen MR) is 151 cm³/mol. The number of nitrogens with one attached hydrogen (secondary N) is 1. The lowest BCUT2D eigenvalue weighted by atomic mass is 10.1. The van der Waals surface area contributed by atoms with E-state index in [1.165, 1.54) is 5.56 Å². The van der Waals surface area contributed by atoms with E-state index in [-0.39, 0.29) is 36.1 Å². The van der Waals surface area contributed by atoms with Crippen LogP contribution < -0.4 is 5.32 Å². The van der Waals surface area contributed by atoms with E-state index in [0.29, 0.717) is 28.8 Å². The fourth-order valence-electron chi connectivity index (χ4n) is 4.83. The zero-order valence-electron chi connectivity index (χ0n) is 21.5. The van der Waals surface area contributed by atoms with Gasteiger partial charge in [-0.15, -0.1) is 0 Å². The highest BCUT2D eigenvalue weighted by Gasteiger charge is 2.46. The van der Waals surface area contributed by atoms with E-state index in [4.69, 9.17) is 16.7 Å². The smallest absolute Gasteiger partial charge is 0.245 e. The molecule has 1 unspecified atom stereocenters. The SMILES string of the molecule is CC(C)CN(CC(=O)Nc1cc(-c2ccccc2)nn1-c1ccccc1Cl)C(=O)C1C[C@H]1c1ccccc1. The Labute approximate surface area is 228 Å². The van der Waals surface area contributed by atoms with Crippen LogP contribution >= 0.6 is 11.6 Å². The molecule has 1 aliphatic rings. The number of carbonyl (C=O) groups is 2. The van der Waals surface area contributed by atoms with E-state index >= 15 is 0 Å². The van der Waals surface area contributed by atoms with E-state index in [9.17, 15) is 9.59 Å². The molecule has 6 nitrogen and oxygen atoms in total. The first-order valence-electron chi connectivity index (χ1n) is 12.9. The lowest BCUT2D eigenvalue weighted by Crippen LogP contribution is -2.41. The van der Waals surface area contributed by atoms with Crippen LogP contribution in [0.3, 0.4) is 0 Å². The lowest BCUT2D eigenvalue weighted by molar-refractivity contribution is -0.136. The number of amides is 2. The lowest BCUT2D eigenvalue weighted by Gasteiger charge is -2.24. The first kappa shape index (κ1) is 25.7. The molecule has 0 spiro atoms. The fraction of sp³-hybridized carbons (Fsp3) is 0.258. The first-order chi connectivity index (χ1) is 18.4. The van der Waals surface area contributed by atoms with Gasteiger partial charge in [0, 0.05) is 24.1 Å². The standard InChI is InChI=1S/C31H31ClN4O2/c1-21(2)19-35(31(38)25-17-24(25)22-11-5-3-6-12-22)20-30(37)33-29-18-27(23-13-7-4-8-14-23)34-36(29)28-16-10-9-15-26(28)32/h3-16,18,21,24-25H,17,19-20H2,1-2H3,(H,33,37)/t24-,25?/m0/s1. The van der Waals surface area contributed by atoms with Gasteiger partial charge in [-0.1, -0.05) is 98.2 Å². The third kappa shape index (κ3) is 5.81. The van der Waals surface area contributed by atoms with Crippen molar-refractivity contribution in [1.82, 2.24) is 14.7 Å². The molecule has 0 bridgehead atoms. The number of hydrogen-bond acceptors (Lipinski definition) is 3. The molecule has 38 heavy (non-hydrogen) atoms. The summed E-state index contributed by atoms with van der Waals surface area (Å²) >= 11 is 6.49. The number of halogens is 1. The van der Waals surface area contributed by atoms with Gasteiger partial charge in [-0.25, -0.2) is 4.68 Å². The maximum atomic E-state index is 13.4. The van der Waals surface area contributed by atoms with Crippen LogP contribution in [0.5, 0.6) is 0 Å². The van der Waals surface area contributed by atoms with Gasteiger partial charge >= 0.3 is 0 Å². The highest BCUT2D eigenvalue weighted by Crippen LogP contribution is 2.48. The molecule has 1 heterocycles. The Kier molecular flexibility index (Phi) is 7.61. The average Bonchev–Trinajstić information content (AvgIpc) is 3.62. The molecule has 1 aromatic heterocycles. The Morgan fingerprint density at radius 3 is 2.34 bits per heavy atom. The largest absolute Gasteiger partial charge is 0.333 e. The van der Waals surface area contributed by atoms with Gasteiger partial charge in [-0.3, -0.25) is 9.59 Å². The monoisotopic (exact) mass is 526 g/mol. The minimum Gasteiger partial charge on any atom is -0.333 e. The summed E-state index contributed by atoms with van der Waals surface area (Å²) in [6.07, 6.45) is 0.818. The van der Waals surface area contributed by atoms with E-state index in [1.54, 1.807) is 15.6 Å². The summed E-state index contributed by atoms with van der Waals surface area (Å²) < 4.78 is 1.64. The van der Waals surface area contributed by atoms with Crippen molar-refractivity contribution in [3.8, 4) is 16.9 Å². The van der Waals surface area contributed by atoms with Crippen LogP contribution in [0, 0.1) is 11.8 Å². The summed E-state index contributed by atoms with van der Waals surface area (Å²) in [6.45, 7) is 4.60. The number of para-hydroxylation sites is 1. The molecule has 5 rings (SSSR count). The van der Waals surface area contributed by atoms with Crippen molar-refractivity contribution in [1.29, 1.82) is 0 Å². The van der Waals surface area contributed by atoms with Crippen LogP contribution in [0.15, 0.2) is 91.0 Å². The summed E-state index contributed by atoms with van der Waals surface area (Å²) in [5.41, 5.74) is 3.47. The summed E-state index contributed by atoms with van der Waals surface area (Å²) in [5, 5.41) is 8.26. The number of rotatable bonds is 9. The Morgan fingerprint density at radius 1 is 1.00 bits per heavy atom. The minimum absolute atomic E-state index is 0.0244. The molecule has 7 heteroatoms. The molecule has 194 valence electrons. The van der Waals surface area contributed by atoms with Crippen molar-refractivity contribution < 1.29 is 9.59 Å². The fourth-order valence-corrected chi connectivity index (χ4v) is 5.04. The molecule has 0 aliphatic heterocycles. The third-order valence-corrected chi connectivity index (χ3v) is 7.01. The summed E-state index contributed by atoms with van der Waals surface area (Å²) in [4.78, 5) is 28.5. The van der Waals surface area contributed by atoms with E-state index in [2.05, 4.69) is 31.3 Å². The van der Waals surface area contributed by atoms with E-state index in [0.717, 1.165) is 12.0 Å². The highest BCUT2D eigenvalue weighted by atomic mass is 35.5. The zero-order chi connectivity index (χ0) is 26.6. The van der Waals surface area contributed by atoms with Crippen molar-refractivity contribution >= 4 is 29.2 Å². The number of aromatic nitrogens is 2. The second-order valence-electron chi connectivity index (χ2n) is 10.2. The topological polar surface area (TPSA) is 67.2 Å². The summed E-state index contributed by atoms with van der Waals surface area (Å²) in [6, 6.07) is 29.1. The van der Waals surface area contributed by atoms with Crippen molar-refractivity contribution in [2.45, 2.75) is 26.2 Å². The number of hydrogen-bond donors (Lipinski definition) is 1. The van der Waals surface area contributed by atoms with Gasteiger partial charge in [-0.05, 0) is 36.0 Å². The van der Waals surface area contributed by atoms with Crippen LogP contribution in [-0.4, -0.2) is 39.6 Å². The van der Waals surface area contributed by atoms with Crippen LogP contribution in [-0.2, 0) is 9.59 Å². The van der Waals surface area contributed by atoms with Gasteiger partial charge in [0.1, 0.15) is 5.82 Å². The molecule has 0 saturated heterocycles. The van der Waals surface area contributed by atoms with Gasteiger partial charge in [0.2, 0.25) is 11.8 Å². The average molecular weight is 527 g/mol. The molecule has 2 amide bonds. The molecule has 1 fully saturated rings. The number of anilines is 1.